The van der Waals surface area contributed by atoms with Crippen LogP contribution < -0.4 is 10.1 Å². The van der Waals surface area contributed by atoms with Gasteiger partial charge in [-0.05, 0) is 38.6 Å². The van der Waals surface area contributed by atoms with Crippen LogP contribution in [-0.4, -0.2) is 17.0 Å². The van der Waals surface area contributed by atoms with E-state index in [-0.39, 0.29) is 11.7 Å². The summed E-state index contributed by atoms with van der Waals surface area (Å²) in [7, 11) is 1.86. The molecule has 6 nitrogen and oxygen atoms in total. The second-order valence-corrected chi connectivity index (χ2v) is 4.72. The maximum absolute atomic E-state index is 10.7. The molecule has 1 heterocycles. The second-order valence-electron chi connectivity index (χ2n) is 4.72. The van der Waals surface area contributed by atoms with Gasteiger partial charge in [-0.25, -0.2) is 4.98 Å². The fraction of sp³-hybridized carbons (Fsp3) is 0.267. The molecule has 1 aromatic carbocycles. The standard InChI is InChI=1S/C15H17N3O3/c1-10-9-12(18(19)20)6-7-14(10)21-15-13(11(2)16-3)5-4-8-17-15/h4-9,11,16H,1-3H3. The van der Waals surface area contributed by atoms with Crippen LogP contribution in [0.15, 0.2) is 36.5 Å². The van der Waals surface area contributed by atoms with Gasteiger partial charge < -0.3 is 10.1 Å². The van der Waals surface area contributed by atoms with E-state index in [0.29, 0.717) is 17.2 Å². The third kappa shape index (κ3) is 3.35. The number of hydrogen-bond donors (Lipinski definition) is 1. The number of non-ortho nitro benzene ring substituents is 1. The van der Waals surface area contributed by atoms with Gasteiger partial charge in [0.25, 0.3) is 5.69 Å². The number of nitrogens with zero attached hydrogens (tertiary/aromatic N) is 2. The summed E-state index contributed by atoms with van der Waals surface area (Å²) in [5.74, 6) is 1.06. The van der Waals surface area contributed by atoms with E-state index in [1.54, 1.807) is 19.2 Å². The summed E-state index contributed by atoms with van der Waals surface area (Å²) in [6.07, 6.45) is 1.65. The summed E-state index contributed by atoms with van der Waals surface area (Å²) in [5.41, 5.74) is 1.67. The molecule has 0 fully saturated rings. The van der Waals surface area contributed by atoms with Crippen molar-refractivity contribution in [2.24, 2.45) is 0 Å². The summed E-state index contributed by atoms with van der Waals surface area (Å²) in [6, 6.07) is 8.37. The lowest BCUT2D eigenvalue weighted by atomic mass is 10.1. The molecular weight excluding hydrogens is 270 g/mol. The minimum absolute atomic E-state index is 0.0460. The van der Waals surface area contributed by atoms with E-state index in [2.05, 4.69) is 10.3 Å². The van der Waals surface area contributed by atoms with Crippen molar-refractivity contribution in [2.45, 2.75) is 19.9 Å². The van der Waals surface area contributed by atoms with Crippen LogP contribution in [0.1, 0.15) is 24.1 Å². The maximum atomic E-state index is 10.7. The Hall–Kier alpha value is -2.47. The van der Waals surface area contributed by atoms with Gasteiger partial charge in [0.2, 0.25) is 5.88 Å². The van der Waals surface area contributed by atoms with Gasteiger partial charge in [-0.2, -0.15) is 0 Å². The van der Waals surface area contributed by atoms with Gasteiger partial charge in [0.15, 0.2) is 0 Å². The Morgan fingerprint density at radius 3 is 2.76 bits per heavy atom. The Labute approximate surface area is 122 Å². The van der Waals surface area contributed by atoms with Crippen molar-refractivity contribution in [3.63, 3.8) is 0 Å². The van der Waals surface area contributed by atoms with E-state index in [4.69, 9.17) is 4.74 Å². The Bertz CT molecular complexity index is 658. The highest BCUT2D eigenvalue weighted by molar-refractivity contribution is 5.45. The van der Waals surface area contributed by atoms with Crippen LogP contribution in [0.25, 0.3) is 0 Å². The quantitative estimate of drug-likeness (QED) is 0.674. The van der Waals surface area contributed by atoms with E-state index in [9.17, 15) is 10.1 Å². The Balaban J connectivity index is 2.33. The first-order chi connectivity index (χ1) is 10.0. The van der Waals surface area contributed by atoms with E-state index in [1.165, 1.54) is 12.1 Å². The van der Waals surface area contributed by atoms with Crippen molar-refractivity contribution in [1.29, 1.82) is 0 Å². The number of ether oxygens (including phenoxy) is 1. The number of pyridine rings is 1. The molecule has 1 N–H and O–H groups in total. The average Bonchev–Trinajstić information content (AvgIpc) is 2.49. The topological polar surface area (TPSA) is 77.3 Å². The van der Waals surface area contributed by atoms with Crippen molar-refractivity contribution >= 4 is 5.69 Å². The van der Waals surface area contributed by atoms with Crippen LogP contribution in [0, 0.1) is 17.0 Å². The molecule has 0 spiro atoms. The predicted octanol–water partition coefficient (Wildman–Crippen LogP) is 3.37. The summed E-state index contributed by atoms with van der Waals surface area (Å²) in [6.45, 7) is 3.78. The fourth-order valence-corrected chi connectivity index (χ4v) is 1.94. The van der Waals surface area contributed by atoms with Crippen LogP contribution in [-0.2, 0) is 0 Å². The molecule has 0 saturated heterocycles. The molecule has 0 aliphatic carbocycles. The molecule has 2 aromatic rings. The van der Waals surface area contributed by atoms with Crippen molar-refractivity contribution in [3.05, 3.63) is 57.8 Å². The van der Waals surface area contributed by atoms with Crippen molar-refractivity contribution < 1.29 is 9.66 Å². The first-order valence-electron chi connectivity index (χ1n) is 6.58. The monoisotopic (exact) mass is 287 g/mol. The molecule has 6 heteroatoms. The van der Waals surface area contributed by atoms with E-state index in [0.717, 1.165) is 5.56 Å². The lowest BCUT2D eigenvalue weighted by Gasteiger charge is -2.15. The zero-order valence-electron chi connectivity index (χ0n) is 12.2. The molecule has 0 saturated carbocycles. The first-order valence-corrected chi connectivity index (χ1v) is 6.58. The van der Waals surface area contributed by atoms with Crippen LogP contribution in [0.2, 0.25) is 0 Å². The predicted molar refractivity (Wildman–Crippen MR) is 79.6 cm³/mol. The molecular formula is C15H17N3O3. The third-order valence-corrected chi connectivity index (χ3v) is 3.28. The summed E-state index contributed by atoms with van der Waals surface area (Å²) in [4.78, 5) is 14.6. The van der Waals surface area contributed by atoms with Crippen LogP contribution in [0.3, 0.4) is 0 Å². The van der Waals surface area contributed by atoms with E-state index < -0.39 is 4.92 Å². The van der Waals surface area contributed by atoms with E-state index >= 15 is 0 Å². The average molecular weight is 287 g/mol. The molecule has 0 aliphatic heterocycles. The van der Waals surface area contributed by atoms with Crippen molar-refractivity contribution in [2.75, 3.05) is 7.05 Å². The van der Waals surface area contributed by atoms with Gasteiger partial charge >= 0.3 is 0 Å². The Morgan fingerprint density at radius 2 is 2.14 bits per heavy atom. The number of aromatic nitrogens is 1. The first kappa shape index (κ1) is 14.9. The molecule has 110 valence electrons. The maximum Gasteiger partial charge on any atom is 0.269 e. The minimum atomic E-state index is -0.425. The molecule has 0 amide bonds. The molecule has 0 radical (unpaired) electrons. The zero-order chi connectivity index (χ0) is 15.4. The van der Waals surface area contributed by atoms with Gasteiger partial charge in [0, 0.05) is 29.9 Å². The number of hydrogen-bond acceptors (Lipinski definition) is 5. The number of aryl methyl sites for hydroxylation is 1. The SMILES string of the molecule is CNC(C)c1cccnc1Oc1ccc([N+](=O)[O-])cc1C. The number of benzene rings is 1. The third-order valence-electron chi connectivity index (χ3n) is 3.28. The Morgan fingerprint density at radius 1 is 1.38 bits per heavy atom. The van der Waals surface area contributed by atoms with Crippen molar-refractivity contribution in [1.82, 2.24) is 10.3 Å². The van der Waals surface area contributed by atoms with Gasteiger partial charge in [-0.1, -0.05) is 6.07 Å². The van der Waals surface area contributed by atoms with Gasteiger partial charge in [-0.15, -0.1) is 0 Å². The largest absolute Gasteiger partial charge is 0.438 e. The molecule has 0 aliphatic rings. The lowest BCUT2D eigenvalue weighted by molar-refractivity contribution is -0.384. The lowest BCUT2D eigenvalue weighted by Crippen LogP contribution is -2.13. The highest BCUT2D eigenvalue weighted by Gasteiger charge is 2.14. The number of nitro benzene ring substituents is 1. The highest BCUT2D eigenvalue weighted by Crippen LogP contribution is 2.30. The van der Waals surface area contributed by atoms with E-state index in [1.807, 2.05) is 26.1 Å². The molecule has 1 atom stereocenters. The summed E-state index contributed by atoms with van der Waals surface area (Å²) >= 11 is 0. The molecule has 0 bridgehead atoms. The number of rotatable bonds is 5. The number of nitro groups is 1. The van der Waals surface area contributed by atoms with Crippen LogP contribution >= 0.6 is 0 Å². The van der Waals surface area contributed by atoms with Gasteiger partial charge in [-0.3, -0.25) is 10.1 Å². The van der Waals surface area contributed by atoms with Crippen LogP contribution in [0.4, 0.5) is 5.69 Å². The number of nitrogens with one attached hydrogen (secondary N) is 1. The Kier molecular flexibility index (Phi) is 4.49. The fourth-order valence-electron chi connectivity index (χ4n) is 1.94. The smallest absolute Gasteiger partial charge is 0.269 e. The molecule has 1 aromatic heterocycles. The van der Waals surface area contributed by atoms with Gasteiger partial charge in [0.05, 0.1) is 4.92 Å². The molecule has 21 heavy (non-hydrogen) atoms. The summed E-state index contributed by atoms with van der Waals surface area (Å²) < 4.78 is 5.82. The van der Waals surface area contributed by atoms with Gasteiger partial charge in [0.1, 0.15) is 5.75 Å². The highest BCUT2D eigenvalue weighted by atomic mass is 16.6. The second kappa shape index (κ2) is 6.32. The molecule has 2 rings (SSSR count). The minimum Gasteiger partial charge on any atom is -0.438 e. The van der Waals surface area contributed by atoms with Crippen molar-refractivity contribution in [3.8, 4) is 11.6 Å². The normalized spacial score (nSPS) is 12.0. The summed E-state index contributed by atoms with van der Waals surface area (Å²) in [5, 5.41) is 13.9. The van der Waals surface area contributed by atoms with Crippen LogP contribution in [0.5, 0.6) is 11.6 Å². The zero-order valence-corrected chi connectivity index (χ0v) is 12.2. The molecule has 1 unspecified atom stereocenters.